The van der Waals surface area contributed by atoms with Crippen molar-refractivity contribution in [3.05, 3.63) is 34.3 Å². The fourth-order valence-electron chi connectivity index (χ4n) is 1.74. The molecule has 0 fully saturated rings. The molecule has 0 radical (unpaired) electrons. The highest BCUT2D eigenvalue weighted by atomic mass is 35.5. The van der Waals surface area contributed by atoms with Crippen LogP contribution in [-0.4, -0.2) is 13.2 Å². The molecule has 0 saturated carbocycles. The third-order valence-corrected chi connectivity index (χ3v) is 2.70. The average molecular weight is 198 g/mol. The Balaban J connectivity index is 2.47. The van der Waals surface area contributed by atoms with E-state index in [4.69, 9.17) is 22.1 Å². The highest BCUT2D eigenvalue weighted by Crippen LogP contribution is 2.32. The molecular formula is C10H12ClNO. The monoisotopic (exact) mass is 197 g/mol. The Hall–Kier alpha value is -0.570. The minimum absolute atomic E-state index is 0.0163. The first kappa shape index (κ1) is 9.00. The molecule has 2 rings (SSSR count). The van der Waals surface area contributed by atoms with Crippen LogP contribution in [0.3, 0.4) is 0 Å². The summed E-state index contributed by atoms with van der Waals surface area (Å²) >= 11 is 6.08. The maximum Gasteiger partial charge on any atom is 0.0964 e. The van der Waals surface area contributed by atoms with Crippen LogP contribution in [0.4, 0.5) is 0 Å². The van der Waals surface area contributed by atoms with Gasteiger partial charge < -0.3 is 10.5 Å². The Bertz CT molecular complexity index is 314. The maximum absolute atomic E-state index is 6.08. The van der Waals surface area contributed by atoms with E-state index in [9.17, 15) is 0 Å². The molecule has 13 heavy (non-hydrogen) atoms. The number of ether oxygens (including phenoxy) is 1. The van der Waals surface area contributed by atoms with Crippen LogP contribution in [0.1, 0.15) is 17.2 Å². The highest BCUT2D eigenvalue weighted by molar-refractivity contribution is 6.31. The van der Waals surface area contributed by atoms with E-state index in [1.807, 2.05) is 12.1 Å². The highest BCUT2D eigenvalue weighted by Gasteiger charge is 2.21. The van der Waals surface area contributed by atoms with Crippen LogP contribution in [0.25, 0.3) is 0 Å². The molecule has 70 valence electrons. The van der Waals surface area contributed by atoms with Gasteiger partial charge in [-0.25, -0.2) is 0 Å². The molecule has 1 atom stereocenters. The number of hydrogen-bond acceptors (Lipinski definition) is 2. The minimum atomic E-state index is -0.0163. The lowest BCUT2D eigenvalue weighted by Gasteiger charge is -2.25. The van der Waals surface area contributed by atoms with E-state index in [0.717, 1.165) is 23.6 Å². The average Bonchev–Trinajstić information content (AvgIpc) is 2.17. The van der Waals surface area contributed by atoms with Crippen molar-refractivity contribution in [2.45, 2.75) is 12.5 Å². The van der Waals surface area contributed by atoms with Gasteiger partial charge in [-0.3, -0.25) is 0 Å². The summed E-state index contributed by atoms with van der Waals surface area (Å²) in [6.07, 6.45) is 0.921. The van der Waals surface area contributed by atoms with E-state index in [0.29, 0.717) is 6.54 Å². The van der Waals surface area contributed by atoms with Gasteiger partial charge in [-0.15, -0.1) is 0 Å². The summed E-state index contributed by atoms with van der Waals surface area (Å²) in [6, 6.07) is 5.95. The van der Waals surface area contributed by atoms with E-state index in [1.165, 1.54) is 5.56 Å². The molecule has 1 aromatic rings. The fraction of sp³-hybridized carbons (Fsp3) is 0.400. The van der Waals surface area contributed by atoms with Gasteiger partial charge in [-0.2, -0.15) is 0 Å². The lowest BCUT2D eigenvalue weighted by molar-refractivity contribution is 0.0486. The zero-order valence-corrected chi connectivity index (χ0v) is 8.05. The van der Waals surface area contributed by atoms with Crippen molar-refractivity contribution in [2.75, 3.05) is 13.2 Å². The van der Waals surface area contributed by atoms with Crippen molar-refractivity contribution in [3.8, 4) is 0 Å². The smallest absolute Gasteiger partial charge is 0.0964 e. The lowest BCUT2D eigenvalue weighted by atomic mass is 9.97. The predicted molar refractivity (Wildman–Crippen MR) is 52.9 cm³/mol. The van der Waals surface area contributed by atoms with Crippen LogP contribution in [0.5, 0.6) is 0 Å². The van der Waals surface area contributed by atoms with Crippen LogP contribution in [0.2, 0.25) is 5.02 Å². The van der Waals surface area contributed by atoms with E-state index in [1.54, 1.807) is 0 Å². The van der Waals surface area contributed by atoms with E-state index in [2.05, 4.69) is 6.07 Å². The molecule has 0 aromatic heterocycles. The number of halogens is 1. The third-order valence-electron chi connectivity index (χ3n) is 2.37. The van der Waals surface area contributed by atoms with Gasteiger partial charge in [0, 0.05) is 17.1 Å². The standard InChI is InChI=1S/C10H12ClNO/c11-8-3-1-2-7-4-5-13-9(6-12)10(7)8/h1-3,9H,4-6,12H2/t9-/m0/s1. The first-order valence-corrected chi connectivity index (χ1v) is 4.79. The van der Waals surface area contributed by atoms with Gasteiger partial charge >= 0.3 is 0 Å². The second kappa shape index (κ2) is 3.66. The summed E-state index contributed by atoms with van der Waals surface area (Å²) in [7, 11) is 0. The van der Waals surface area contributed by atoms with Crippen molar-refractivity contribution in [1.29, 1.82) is 0 Å². The summed E-state index contributed by atoms with van der Waals surface area (Å²) in [5.74, 6) is 0. The Kier molecular flexibility index (Phi) is 2.54. The quantitative estimate of drug-likeness (QED) is 0.747. The molecule has 1 aliphatic rings. The molecule has 0 aliphatic carbocycles. The van der Waals surface area contributed by atoms with Crippen LogP contribution in [0, 0.1) is 0 Å². The molecule has 3 heteroatoms. The number of nitrogens with two attached hydrogens (primary N) is 1. The molecule has 0 spiro atoms. The van der Waals surface area contributed by atoms with Gasteiger partial charge in [0.25, 0.3) is 0 Å². The van der Waals surface area contributed by atoms with Gasteiger partial charge in [0.15, 0.2) is 0 Å². The second-order valence-electron chi connectivity index (χ2n) is 3.16. The van der Waals surface area contributed by atoms with Gasteiger partial charge in [-0.1, -0.05) is 23.7 Å². The number of hydrogen-bond donors (Lipinski definition) is 1. The summed E-state index contributed by atoms with van der Waals surface area (Å²) in [4.78, 5) is 0. The van der Waals surface area contributed by atoms with Gasteiger partial charge in [-0.05, 0) is 18.1 Å². The number of rotatable bonds is 1. The molecule has 1 aromatic carbocycles. The Morgan fingerprint density at radius 1 is 1.54 bits per heavy atom. The van der Waals surface area contributed by atoms with Gasteiger partial charge in [0.1, 0.15) is 0 Å². The van der Waals surface area contributed by atoms with Gasteiger partial charge in [0.05, 0.1) is 12.7 Å². The van der Waals surface area contributed by atoms with Crippen molar-refractivity contribution in [3.63, 3.8) is 0 Å². The van der Waals surface area contributed by atoms with Crippen LogP contribution < -0.4 is 5.73 Å². The Morgan fingerprint density at radius 2 is 2.38 bits per heavy atom. The maximum atomic E-state index is 6.08. The van der Waals surface area contributed by atoms with E-state index in [-0.39, 0.29) is 6.10 Å². The molecule has 2 nitrogen and oxygen atoms in total. The second-order valence-corrected chi connectivity index (χ2v) is 3.56. The summed E-state index contributed by atoms with van der Waals surface area (Å²) < 4.78 is 5.52. The minimum Gasteiger partial charge on any atom is -0.372 e. The summed E-state index contributed by atoms with van der Waals surface area (Å²) in [6.45, 7) is 1.24. The zero-order chi connectivity index (χ0) is 9.26. The third kappa shape index (κ3) is 1.57. The SMILES string of the molecule is NC[C@@H]1OCCc2cccc(Cl)c21. The largest absolute Gasteiger partial charge is 0.372 e. The molecule has 1 heterocycles. The first-order chi connectivity index (χ1) is 6.33. The van der Waals surface area contributed by atoms with Crippen LogP contribution in [-0.2, 0) is 11.2 Å². The lowest BCUT2D eigenvalue weighted by Crippen LogP contribution is -2.23. The fourth-order valence-corrected chi connectivity index (χ4v) is 2.06. The van der Waals surface area contributed by atoms with E-state index >= 15 is 0 Å². The molecule has 1 aliphatic heterocycles. The van der Waals surface area contributed by atoms with Crippen LogP contribution >= 0.6 is 11.6 Å². The van der Waals surface area contributed by atoms with Crippen molar-refractivity contribution in [1.82, 2.24) is 0 Å². The Labute approximate surface area is 82.6 Å². The predicted octanol–water partition coefficient (Wildman–Crippen LogP) is 1.91. The number of fused-ring (bicyclic) bond motifs is 1. The number of benzene rings is 1. The summed E-state index contributed by atoms with van der Waals surface area (Å²) in [5, 5.41) is 0.771. The summed E-state index contributed by atoms with van der Waals surface area (Å²) in [5.41, 5.74) is 7.96. The first-order valence-electron chi connectivity index (χ1n) is 4.42. The van der Waals surface area contributed by atoms with Crippen molar-refractivity contribution in [2.24, 2.45) is 5.73 Å². The molecule has 0 saturated heterocycles. The normalized spacial score (nSPS) is 21.2. The van der Waals surface area contributed by atoms with Crippen molar-refractivity contribution < 1.29 is 4.74 Å². The van der Waals surface area contributed by atoms with Crippen molar-refractivity contribution >= 4 is 11.6 Å². The Morgan fingerprint density at radius 3 is 3.15 bits per heavy atom. The van der Waals surface area contributed by atoms with Crippen LogP contribution in [0.15, 0.2) is 18.2 Å². The molecule has 0 unspecified atom stereocenters. The molecule has 2 N–H and O–H groups in total. The molecule has 0 amide bonds. The zero-order valence-electron chi connectivity index (χ0n) is 7.29. The topological polar surface area (TPSA) is 35.2 Å². The molecular weight excluding hydrogens is 186 g/mol. The van der Waals surface area contributed by atoms with E-state index < -0.39 is 0 Å². The van der Waals surface area contributed by atoms with Gasteiger partial charge in [0.2, 0.25) is 0 Å². The molecule has 0 bridgehead atoms.